The van der Waals surface area contributed by atoms with Gasteiger partial charge in [0.2, 0.25) is 10.0 Å². The Morgan fingerprint density at radius 2 is 1.90 bits per heavy atom. The minimum absolute atomic E-state index is 0.0428. The van der Waals surface area contributed by atoms with Gasteiger partial charge in [0.15, 0.2) is 0 Å². The fourth-order valence-corrected chi connectivity index (χ4v) is 5.16. The fourth-order valence-electron chi connectivity index (χ4n) is 3.38. The highest BCUT2D eigenvalue weighted by Crippen LogP contribution is 2.24. The van der Waals surface area contributed by atoms with Crippen molar-refractivity contribution in [2.24, 2.45) is 0 Å². The number of halogens is 2. The predicted octanol–water partition coefficient (Wildman–Crippen LogP) is 3.66. The molecular weight excluding hydrogens is 433 g/mol. The molecule has 4 rings (SSSR count). The molecule has 0 aliphatic carbocycles. The summed E-state index contributed by atoms with van der Waals surface area (Å²) in [6, 6.07) is 6.63. The van der Waals surface area contributed by atoms with Gasteiger partial charge in [-0.1, -0.05) is 18.0 Å². The van der Waals surface area contributed by atoms with E-state index in [1.807, 2.05) is 0 Å². The summed E-state index contributed by atoms with van der Waals surface area (Å²) in [5.41, 5.74) is 1.09. The van der Waals surface area contributed by atoms with Gasteiger partial charge >= 0.3 is 5.97 Å². The number of piperidine rings is 1. The first kappa shape index (κ1) is 20.8. The SMILES string of the molecule is O=C(OCc1cn2cc(Cl)ccc2n1)c1ccc(F)c(S(=O)(=O)N2CCCCC2)c1. The molecule has 10 heteroatoms. The molecule has 0 amide bonds. The minimum Gasteiger partial charge on any atom is -0.456 e. The predicted molar refractivity (Wildman–Crippen MR) is 108 cm³/mol. The van der Waals surface area contributed by atoms with E-state index >= 15 is 0 Å². The van der Waals surface area contributed by atoms with Crippen LogP contribution in [0.1, 0.15) is 35.3 Å². The third-order valence-corrected chi connectivity index (χ3v) is 7.05. The highest BCUT2D eigenvalue weighted by atomic mass is 35.5. The molecule has 0 atom stereocenters. The largest absolute Gasteiger partial charge is 0.456 e. The van der Waals surface area contributed by atoms with Crippen LogP contribution < -0.4 is 0 Å². The van der Waals surface area contributed by atoms with Crippen LogP contribution in [-0.4, -0.2) is 41.2 Å². The van der Waals surface area contributed by atoms with Gasteiger partial charge in [-0.25, -0.2) is 22.6 Å². The molecule has 3 aromatic rings. The number of esters is 1. The first-order chi connectivity index (χ1) is 14.3. The van der Waals surface area contributed by atoms with Crippen molar-refractivity contribution in [2.45, 2.75) is 30.8 Å². The maximum absolute atomic E-state index is 14.3. The average molecular weight is 452 g/mol. The van der Waals surface area contributed by atoms with Gasteiger partial charge in [-0.05, 0) is 43.2 Å². The number of carbonyl (C=O) groups is 1. The van der Waals surface area contributed by atoms with Crippen LogP contribution >= 0.6 is 11.6 Å². The molecule has 30 heavy (non-hydrogen) atoms. The van der Waals surface area contributed by atoms with Crippen molar-refractivity contribution >= 4 is 33.2 Å². The Hall–Kier alpha value is -2.49. The molecule has 1 aliphatic rings. The van der Waals surface area contributed by atoms with Gasteiger partial charge in [-0.3, -0.25) is 0 Å². The summed E-state index contributed by atoms with van der Waals surface area (Å²) in [7, 11) is -4.01. The Balaban J connectivity index is 1.51. The molecule has 0 saturated carbocycles. The topological polar surface area (TPSA) is 81.0 Å². The van der Waals surface area contributed by atoms with Crippen LogP contribution in [0, 0.1) is 5.82 Å². The van der Waals surface area contributed by atoms with E-state index < -0.39 is 26.7 Å². The number of imidazole rings is 1. The van der Waals surface area contributed by atoms with E-state index in [9.17, 15) is 17.6 Å². The van der Waals surface area contributed by atoms with Crippen LogP contribution in [0.15, 0.2) is 47.6 Å². The van der Waals surface area contributed by atoms with Gasteiger partial charge in [-0.2, -0.15) is 4.31 Å². The van der Waals surface area contributed by atoms with E-state index in [-0.39, 0.29) is 12.2 Å². The van der Waals surface area contributed by atoms with Crippen molar-refractivity contribution in [3.63, 3.8) is 0 Å². The monoisotopic (exact) mass is 451 g/mol. The van der Waals surface area contributed by atoms with Crippen molar-refractivity contribution < 1.29 is 22.3 Å². The van der Waals surface area contributed by atoms with Gasteiger partial charge in [0.25, 0.3) is 0 Å². The molecule has 0 bridgehead atoms. The maximum atomic E-state index is 14.3. The van der Waals surface area contributed by atoms with Crippen LogP contribution in [0.3, 0.4) is 0 Å². The second-order valence-electron chi connectivity index (χ2n) is 7.03. The van der Waals surface area contributed by atoms with Gasteiger partial charge in [0.05, 0.1) is 16.3 Å². The fraction of sp³-hybridized carbons (Fsp3) is 0.300. The maximum Gasteiger partial charge on any atom is 0.338 e. The lowest BCUT2D eigenvalue weighted by Crippen LogP contribution is -2.36. The van der Waals surface area contributed by atoms with Gasteiger partial charge in [0.1, 0.15) is 23.0 Å². The highest BCUT2D eigenvalue weighted by molar-refractivity contribution is 7.89. The number of carbonyl (C=O) groups excluding carboxylic acids is 1. The number of hydrogen-bond acceptors (Lipinski definition) is 5. The van der Waals surface area contributed by atoms with Crippen LogP contribution in [0.25, 0.3) is 5.65 Å². The molecule has 0 unspecified atom stereocenters. The van der Waals surface area contributed by atoms with Crippen LogP contribution in [0.4, 0.5) is 4.39 Å². The van der Waals surface area contributed by atoms with Gasteiger partial charge in [-0.15, -0.1) is 0 Å². The third-order valence-electron chi connectivity index (χ3n) is 4.92. The van der Waals surface area contributed by atoms with Crippen molar-refractivity contribution in [2.75, 3.05) is 13.1 Å². The zero-order valence-electron chi connectivity index (χ0n) is 15.9. The number of rotatable bonds is 5. The molecule has 1 saturated heterocycles. The molecule has 1 fully saturated rings. The minimum atomic E-state index is -4.01. The van der Waals surface area contributed by atoms with Crippen LogP contribution in [-0.2, 0) is 21.4 Å². The number of aromatic nitrogens is 2. The van der Waals surface area contributed by atoms with E-state index in [0.29, 0.717) is 29.5 Å². The van der Waals surface area contributed by atoms with Gasteiger partial charge in [0, 0.05) is 25.5 Å². The number of sulfonamides is 1. The first-order valence-electron chi connectivity index (χ1n) is 9.44. The summed E-state index contributed by atoms with van der Waals surface area (Å²) in [4.78, 5) is 16.2. The molecular formula is C20H19ClFN3O4S. The Morgan fingerprint density at radius 3 is 2.67 bits per heavy atom. The lowest BCUT2D eigenvalue weighted by Gasteiger charge is -2.26. The standard InChI is InChI=1S/C20H19ClFN3O4S/c21-15-5-7-19-23-16(12-24(19)11-15)13-29-20(26)14-4-6-17(22)18(10-14)30(27,28)25-8-2-1-3-9-25/h4-7,10-12H,1-3,8-9,13H2. The van der Waals surface area contributed by atoms with E-state index in [4.69, 9.17) is 16.3 Å². The summed E-state index contributed by atoms with van der Waals surface area (Å²) in [6.07, 6.45) is 5.74. The molecule has 158 valence electrons. The second kappa shape index (κ2) is 8.33. The second-order valence-corrected chi connectivity index (χ2v) is 9.37. The van der Waals surface area contributed by atoms with Crippen molar-refractivity contribution in [1.29, 1.82) is 0 Å². The Kier molecular flexibility index (Phi) is 5.77. The summed E-state index contributed by atoms with van der Waals surface area (Å²) < 4.78 is 48.1. The molecule has 0 radical (unpaired) electrons. The van der Waals surface area contributed by atoms with Crippen molar-refractivity contribution in [3.05, 3.63) is 64.8 Å². The molecule has 2 aromatic heterocycles. The van der Waals surface area contributed by atoms with E-state index in [1.165, 1.54) is 10.4 Å². The average Bonchev–Trinajstić information content (AvgIpc) is 3.15. The third kappa shape index (κ3) is 4.19. The first-order valence-corrected chi connectivity index (χ1v) is 11.3. The number of fused-ring (bicyclic) bond motifs is 1. The zero-order valence-corrected chi connectivity index (χ0v) is 17.5. The van der Waals surface area contributed by atoms with Crippen LogP contribution in [0.5, 0.6) is 0 Å². The lowest BCUT2D eigenvalue weighted by atomic mass is 10.2. The van der Waals surface area contributed by atoms with Crippen molar-refractivity contribution in [1.82, 2.24) is 13.7 Å². The van der Waals surface area contributed by atoms with Crippen molar-refractivity contribution in [3.8, 4) is 0 Å². The number of pyridine rings is 1. The molecule has 7 nitrogen and oxygen atoms in total. The Bertz CT molecular complexity index is 1210. The normalized spacial score (nSPS) is 15.4. The summed E-state index contributed by atoms with van der Waals surface area (Å²) in [6.45, 7) is 0.562. The Morgan fingerprint density at radius 1 is 1.13 bits per heavy atom. The molecule has 1 aliphatic heterocycles. The Labute approximate surface area is 178 Å². The van der Waals surface area contributed by atoms with Gasteiger partial charge < -0.3 is 9.14 Å². The lowest BCUT2D eigenvalue weighted by molar-refractivity contribution is 0.0468. The zero-order chi connectivity index (χ0) is 21.3. The number of ether oxygens (including phenoxy) is 1. The smallest absolute Gasteiger partial charge is 0.338 e. The quantitative estimate of drug-likeness (QED) is 0.553. The summed E-state index contributed by atoms with van der Waals surface area (Å²) in [5, 5.41) is 0.539. The summed E-state index contributed by atoms with van der Waals surface area (Å²) in [5.74, 6) is -1.66. The molecule has 3 heterocycles. The summed E-state index contributed by atoms with van der Waals surface area (Å²) >= 11 is 5.94. The van der Waals surface area contributed by atoms with Crippen LogP contribution in [0.2, 0.25) is 5.02 Å². The van der Waals surface area contributed by atoms with E-state index in [0.717, 1.165) is 31.4 Å². The number of hydrogen-bond donors (Lipinski definition) is 0. The van der Waals surface area contributed by atoms with E-state index in [2.05, 4.69) is 4.98 Å². The highest BCUT2D eigenvalue weighted by Gasteiger charge is 2.29. The number of benzene rings is 1. The number of nitrogens with zero attached hydrogens (tertiary/aromatic N) is 3. The molecule has 0 spiro atoms. The molecule has 1 aromatic carbocycles. The van der Waals surface area contributed by atoms with E-state index in [1.54, 1.807) is 28.9 Å². The molecule has 0 N–H and O–H groups in total.